The number of nitrogens with one attached hydrogen (secondary N) is 2. The van der Waals surface area contributed by atoms with Gasteiger partial charge in [0.05, 0.1) is 16.3 Å². The number of amides is 2. The molecule has 53 heavy (non-hydrogen) atoms. The molecule has 5 aromatic carbocycles. The molecule has 0 spiro atoms. The minimum Gasteiger partial charge on any atom is -0.507 e. The van der Waals surface area contributed by atoms with Gasteiger partial charge < -0.3 is 30.3 Å². The molecule has 0 saturated heterocycles. The van der Waals surface area contributed by atoms with Gasteiger partial charge in [-0.1, -0.05) is 54.6 Å². The van der Waals surface area contributed by atoms with Crippen LogP contribution in [0.1, 0.15) is 44.5 Å². The van der Waals surface area contributed by atoms with Crippen molar-refractivity contribution in [2.75, 3.05) is 27.3 Å². The Morgan fingerprint density at radius 2 is 1.00 bits per heavy atom. The summed E-state index contributed by atoms with van der Waals surface area (Å²) in [5.74, 6) is 0.346. The highest BCUT2D eigenvalue weighted by molar-refractivity contribution is 5.77. The number of ether oxygens (including phenoxy) is 2. The summed E-state index contributed by atoms with van der Waals surface area (Å²) in [6.45, 7) is -0.499. The number of fused-ring (bicyclic) bond motifs is 8. The first kappa shape index (κ1) is 36.0. The smallest absolute Gasteiger partial charge is 0.269 e. The van der Waals surface area contributed by atoms with Crippen LogP contribution in [0.4, 0.5) is 17.1 Å². The minimum atomic E-state index is -0.495. The Balaban J connectivity index is 1.53. The zero-order chi connectivity index (χ0) is 37.5. The third-order valence-corrected chi connectivity index (χ3v) is 8.93. The van der Waals surface area contributed by atoms with E-state index in [1.54, 1.807) is 12.1 Å². The summed E-state index contributed by atoms with van der Waals surface area (Å²) in [6, 6.07) is 25.7. The Morgan fingerprint density at radius 3 is 1.42 bits per heavy atom. The lowest BCUT2D eigenvalue weighted by atomic mass is 9.91. The molecule has 1 aliphatic rings. The number of aromatic hydroxyl groups is 2. The molecule has 6 rings (SSSR count). The van der Waals surface area contributed by atoms with Gasteiger partial charge >= 0.3 is 0 Å². The van der Waals surface area contributed by atoms with Gasteiger partial charge in [-0.2, -0.15) is 10.2 Å². The SMILES string of the molecule is CNC(=O)COc1c2cccc1Cc1cc(N=Nc3ccc([N+](=O)[O-])cc3)cc(c1O)Cc1cccc(c1OCC(=O)NC)Cc1cccc(c1O)C2. The van der Waals surface area contributed by atoms with Crippen molar-refractivity contribution in [3.05, 3.63) is 146 Å². The fraction of sp³-hybridized carbons (Fsp3) is 0.200. The van der Waals surface area contributed by atoms with E-state index in [4.69, 9.17) is 9.47 Å². The van der Waals surface area contributed by atoms with Gasteiger partial charge in [-0.25, -0.2) is 0 Å². The summed E-state index contributed by atoms with van der Waals surface area (Å²) >= 11 is 0. The molecular weight excluding hydrogens is 678 g/mol. The fourth-order valence-electron chi connectivity index (χ4n) is 6.20. The lowest BCUT2D eigenvalue weighted by molar-refractivity contribution is -0.384. The number of carbonyl (C=O) groups is 2. The number of likely N-dealkylation sites (N-methyl/N-ethyl adjacent to an activating group) is 2. The number of rotatable bonds is 9. The highest BCUT2D eigenvalue weighted by Gasteiger charge is 2.22. The highest BCUT2D eigenvalue weighted by atomic mass is 16.6. The summed E-state index contributed by atoms with van der Waals surface area (Å²) in [7, 11) is 3.04. The number of phenols is 2. The number of azo groups is 1. The Labute approximate surface area is 305 Å². The molecule has 0 fully saturated rings. The summed E-state index contributed by atoms with van der Waals surface area (Å²) in [6.07, 6.45) is 0.889. The van der Waals surface area contributed by atoms with E-state index in [-0.39, 0.29) is 67.9 Å². The van der Waals surface area contributed by atoms with Gasteiger partial charge in [0.2, 0.25) is 0 Å². The van der Waals surface area contributed by atoms with E-state index in [1.807, 2.05) is 54.6 Å². The number of nitro groups is 1. The molecule has 0 aromatic heterocycles. The van der Waals surface area contributed by atoms with Crippen LogP contribution in [-0.4, -0.2) is 54.3 Å². The zero-order valence-corrected chi connectivity index (χ0v) is 29.1. The molecule has 4 N–H and O–H groups in total. The maximum atomic E-state index is 12.3. The van der Waals surface area contributed by atoms with Crippen LogP contribution in [0, 0.1) is 10.1 Å². The highest BCUT2D eigenvalue weighted by Crippen LogP contribution is 2.40. The monoisotopic (exact) mass is 715 g/mol. The molecule has 2 amide bonds. The third-order valence-electron chi connectivity index (χ3n) is 8.93. The number of nitrogens with zero attached hydrogens (tertiary/aromatic N) is 3. The molecule has 13 nitrogen and oxygen atoms in total. The molecule has 0 aliphatic heterocycles. The average Bonchev–Trinajstić information content (AvgIpc) is 3.16. The summed E-state index contributed by atoms with van der Waals surface area (Å²) in [5.41, 5.74) is 5.77. The quantitative estimate of drug-likeness (QED) is 0.0758. The van der Waals surface area contributed by atoms with E-state index in [0.717, 1.165) is 11.1 Å². The third kappa shape index (κ3) is 8.42. The minimum absolute atomic E-state index is 0.000414. The van der Waals surface area contributed by atoms with Crippen molar-refractivity contribution in [3.63, 3.8) is 0 Å². The largest absolute Gasteiger partial charge is 0.507 e. The molecule has 1 aliphatic carbocycles. The number of hydrogen-bond acceptors (Lipinski definition) is 10. The van der Waals surface area contributed by atoms with Gasteiger partial charge in [-0.3, -0.25) is 19.7 Å². The predicted molar refractivity (Wildman–Crippen MR) is 197 cm³/mol. The van der Waals surface area contributed by atoms with E-state index in [9.17, 15) is 29.9 Å². The molecule has 0 heterocycles. The van der Waals surface area contributed by atoms with Crippen LogP contribution >= 0.6 is 0 Å². The molecule has 8 bridgehead atoms. The molecule has 5 aromatic rings. The van der Waals surface area contributed by atoms with Crippen molar-refractivity contribution < 1.29 is 34.2 Å². The van der Waals surface area contributed by atoms with Crippen molar-refractivity contribution in [2.45, 2.75) is 25.7 Å². The van der Waals surface area contributed by atoms with Gasteiger partial charge in [-0.05, 0) is 57.6 Å². The molecule has 270 valence electrons. The maximum absolute atomic E-state index is 12.3. The summed E-state index contributed by atoms with van der Waals surface area (Å²) in [4.78, 5) is 35.3. The summed E-state index contributed by atoms with van der Waals surface area (Å²) < 4.78 is 12.3. The van der Waals surface area contributed by atoms with Crippen LogP contribution in [0.25, 0.3) is 0 Å². The number of nitro benzene ring substituents is 1. The van der Waals surface area contributed by atoms with Gasteiger partial charge in [0, 0.05) is 63.0 Å². The molecule has 13 heteroatoms. The second-order valence-corrected chi connectivity index (χ2v) is 12.5. The first-order valence-electron chi connectivity index (χ1n) is 16.8. The zero-order valence-electron chi connectivity index (χ0n) is 29.1. The van der Waals surface area contributed by atoms with E-state index < -0.39 is 4.92 Å². The van der Waals surface area contributed by atoms with Crippen LogP contribution in [-0.2, 0) is 35.3 Å². The predicted octanol–water partition coefficient (Wildman–Crippen LogP) is 6.35. The van der Waals surface area contributed by atoms with Crippen LogP contribution in [0.2, 0.25) is 0 Å². The second-order valence-electron chi connectivity index (χ2n) is 12.5. The van der Waals surface area contributed by atoms with E-state index in [1.165, 1.54) is 38.4 Å². The molecule has 0 radical (unpaired) electrons. The van der Waals surface area contributed by atoms with E-state index in [2.05, 4.69) is 20.9 Å². The van der Waals surface area contributed by atoms with Gasteiger partial charge in [0.25, 0.3) is 17.5 Å². The number of non-ortho nitro benzene ring substituents is 1. The lowest BCUT2D eigenvalue weighted by Crippen LogP contribution is -2.25. The Kier molecular flexibility index (Phi) is 10.9. The van der Waals surface area contributed by atoms with Crippen molar-refractivity contribution in [3.8, 4) is 23.0 Å². The number of carbonyl (C=O) groups excluding carboxylic acids is 2. The van der Waals surface area contributed by atoms with E-state index in [0.29, 0.717) is 56.3 Å². The second kappa shape index (κ2) is 16.1. The van der Waals surface area contributed by atoms with Crippen LogP contribution in [0.15, 0.2) is 101 Å². The standard InChI is InChI=1S/C40H37N5O8/c1-41-35(46)22-52-39-26-8-4-10-28(39)18-30-20-33(44-43-32-12-14-34(15-13-32)45(50)51)21-31(38(30)49)19-29-11-5-9-27(40(29)53-23-36(47)42-2)17-25-7-3-6-24(16-26)37(25)48/h3-15,20-21,48-49H,16-19,22-23H2,1-2H3,(H,41,46)(H,42,47). The van der Waals surface area contributed by atoms with Gasteiger partial charge in [-0.15, -0.1) is 0 Å². The Morgan fingerprint density at radius 1 is 0.623 bits per heavy atom. The fourth-order valence-corrected chi connectivity index (χ4v) is 6.20. The summed E-state index contributed by atoms with van der Waals surface area (Å²) in [5, 5.41) is 48.5. The first-order chi connectivity index (χ1) is 25.6. The Hall–Kier alpha value is -6.76. The maximum Gasteiger partial charge on any atom is 0.269 e. The van der Waals surface area contributed by atoms with Crippen LogP contribution in [0.5, 0.6) is 23.0 Å². The average molecular weight is 716 g/mol. The number of phenolic OH excluding ortho intramolecular Hbond substituents is 2. The van der Waals surface area contributed by atoms with Crippen molar-refractivity contribution >= 4 is 28.9 Å². The molecule has 0 saturated carbocycles. The topological polar surface area (TPSA) is 185 Å². The normalized spacial score (nSPS) is 12.2. The van der Waals surface area contributed by atoms with Crippen LogP contribution in [0.3, 0.4) is 0 Å². The number of hydrogen-bond donors (Lipinski definition) is 4. The molecular formula is C40H37N5O8. The van der Waals surface area contributed by atoms with E-state index >= 15 is 0 Å². The van der Waals surface area contributed by atoms with Gasteiger partial charge in [0.15, 0.2) is 13.2 Å². The molecule has 0 unspecified atom stereocenters. The van der Waals surface area contributed by atoms with Gasteiger partial charge in [0.1, 0.15) is 23.0 Å². The number of para-hydroxylation sites is 3. The van der Waals surface area contributed by atoms with Crippen molar-refractivity contribution in [1.82, 2.24) is 10.6 Å². The van der Waals surface area contributed by atoms with Crippen molar-refractivity contribution in [2.24, 2.45) is 10.2 Å². The number of benzene rings is 5. The Bertz CT molecular complexity index is 2100. The van der Waals surface area contributed by atoms with Crippen molar-refractivity contribution in [1.29, 1.82) is 0 Å². The molecule has 0 atom stereocenters. The first-order valence-corrected chi connectivity index (χ1v) is 16.8. The lowest BCUT2D eigenvalue weighted by Gasteiger charge is -2.20. The van der Waals surface area contributed by atoms with Crippen LogP contribution < -0.4 is 20.1 Å².